The highest BCUT2D eigenvalue weighted by Gasteiger charge is 2.13. The number of benzene rings is 1. The number of nitrogens with zero attached hydrogens (tertiary/aromatic N) is 1. The number of hydrogen-bond acceptors (Lipinski definition) is 3. The molecule has 5 nitrogen and oxygen atoms in total. The highest BCUT2D eigenvalue weighted by atomic mass is 35.5. The van der Waals surface area contributed by atoms with E-state index in [2.05, 4.69) is 15.6 Å². The Morgan fingerprint density at radius 3 is 2.46 bits per heavy atom. The van der Waals surface area contributed by atoms with Crippen LogP contribution in [-0.4, -0.2) is 22.8 Å². The van der Waals surface area contributed by atoms with E-state index in [4.69, 9.17) is 11.6 Å². The number of pyridine rings is 1. The van der Waals surface area contributed by atoms with Crippen molar-refractivity contribution in [3.05, 3.63) is 58.4 Å². The number of aryl methyl sites for hydroxylation is 1. The molecule has 1 aromatic carbocycles. The second-order valence-electron chi connectivity index (χ2n) is 5.66. The summed E-state index contributed by atoms with van der Waals surface area (Å²) in [6, 6.07) is 6.81. The summed E-state index contributed by atoms with van der Waals surface area (Å²) in [6.45, 7) is 5.77. The van der Waals surface area contributed by atoms with Crippen LogP contribution in [0.1, 0.15) is 46.5 Å². The molecular formula is C18H20ClN3O2. The van der Waals surface area contributed by atoms with E-state index in [0.717, 1.165) is 12.0 Å². The Morgan fingerprint density at radius 2 is 1.83 bits per heavy atom. The van der Waals surface area contributed by atoms with Gasteiger partial charge in [0.25, 0.3) is 11.8 Å². The fraction of sp³-hybridized carbons (Fsp3) is 0.278. The molecule has 2 aromatic rings. The zero-order valence-electron chi connectivity index (χ0n) is 13.9. The quantitative estimate of drug-likeness (QED) is 0.865. The maximum atomic E-state index is 12.4. The predicted molar refractivity (Wildman–Crippen MR) is 95.6 cm³/mol. The molecule has 0 bridgehead atoms. The van der Waals surface area contributed by atoms with Crippen molar-refractivity contribution in [2.75, 3.05) is 5.32 Å². The molecule has 1 aromatic heterocycles. The third-order valence-electron chi connectivity index (χ3n) is 3.69. The fourth-order valence-corrected chi connectivity index (χ4v) is 2.29. The minimum atomic E-state index is -0.328. The topological polar surface area (TPSA) is 71.1 Å². The van der Waals surface area contributed by atoms with Gasteiger partial charge in [-0.1, -0.05) is 18.5 Å². The average Bonchev–Trinajstić information content (AvgIpc) is 2.57. The van der Waals surface area contributed by atoms with Gasteiger partial charge in [-0.05, 0) is 50.1 Å². The molecule has 0 fully saturated rings. The molecule has 2 amide bonds. The first-order valence-corrected chi connectivity index (χ1v) is 8.12. The fourth-order valence-electron chi connectivity index (χ4n) is 2.06. The molecular weight excluding hydrogens is 326 g/mol. The molecule has 1 unspecified atom stereocenters. The second-order valence-corrected chi connectivity index (χ2v) is 6.09. The van der Waals surface area contributed by atoms with Gasteiger partial charge in [-0.3, -0.25) is 14.6 Å². The summed E-state index contributed by atoms with van der Waals surface area (Å²) < 4.78 is 0. The third kappa shape index (κ3) is 4.55. The first-order chi connectivity index (χ1) is 11.4. The number of anilines is 1. The van der Waals surface area contributed by atoms with Gasteiger partial charge in [0, 0.05) is 29.1 Å². The molecule has 1 atom stereocenters. The van der Waals surface area contributed by atoms with Crippen molar-refractivity contribution in [3.8, 4) is 0 Å². The highest BCUT2D eigenvalue weighted by molar-refractivity contribution is 6.30. The normalized spacial score (nSPS) is 11.7. The number of halogens is 1. The SMILES string of the molecule is CCC(C)NC(=O)c1cncc(C(=O)Nc2ccc(Cl)cc2C)c1. The Kier molecular flexibility index (Phi) is 5.93. The molecule has 0 aliphatic heterocycles. The van der Waals surface area contributed by atoms with Crippen molar-refractivity contribution in [1.82, 2.24) is 10.3 Å². The summed E-state index contributed by atoms with van der Waals surface area (Å²) >= 11 is 5.91. The van der Waals surface area contributed by atoms with Crippen molar-refractivity contribution in [3.63, 3.8) is 0 Å². The smallest absolute Gasteiger partial charge is 0.257 e. The predicted octanol–water partition coefficient (Wildman–Crippen LogP) is 3.82. The molecule has 24 heavy (non-hydrogen) atoms. The van der Waals surface area contributed by atoms with Gasteiger partial charge < -0.3 is 10.6 Å². The lowest BCUT2D eigenvalue weighted by molar-refractivity contribution is 0.0939. The number of carbonyl (C=O) groups excluding carboxylic acids is 2. The van der Waals surface area contributed by atoms with Gasteiger partial charge in [-0.15, -0.1) is 0 Å². The van der Waals surface area contributed by atoms with Crippen LogP contribution in [0.4, 0.5) is 5.69 Å². The number of nitrogens with one attached hydrogen (secondary N) is 2. The molecule has 2 N–H and O–H groups in total. The molecule has 0 aliphatic rings. The van der Waals surface area contributed by atoms with Gasteiger partial charge in [-0.2, -0.15) is 0 Å². The van der Waals surface area contributed by atoms with Crippen molar-refractivity contribution in [1.29, 1.82) is 0 Å². The van der Waals surface area contributed by atoms with Gasteiger partial charge >= 0.3 is 0 Å². The van der Waals surface area contributed by atoms with Gasteiger partial charge in [-0.25, -0.2) is 0 Å². The number of amides is 2. The van der Waals surface area contributed by atoms with Crippen LogP contribution in [-0.2, 0) is 0 Å². The zero-order valence-corrected chi connectivity index (χ0v) is 14.6. The summed E-state index contributed by atoms with van der Waals surface area (Å²) in [5.41, 5.74) is 2.20. The maximum Gasteiger partial charge on any atom is 0.257 e. The number of rotatable bonds is 5. The van der Waals surface area contributed by atoms with E-state index < -0.39 is 0 Å². The molecule has 0 radical (unpaired) electrons. The lowest BCUT2D eigenvalue weighted by Crippen LogP contribution is -2.32. The minimum absolute atomic E-state index is 0.0618. The standard InChI is InChI=1S/C18H20ClN3O2/c1-4-12(3)21-17(23)13-8-14(10-20-9-13)18(24)22-16-6-5-15(19)7-11(16)2/h5-10,12H,4H2,1-3H3,(H,21,23)(H,22,24). The highest BCUT2D eigenvalue weighted by Crippen LogP contribution is 2.20. The van der Waals surface area contributed by atoms with Crippen LogP contribution in [0, 0.1) is 6.92 Å². The van der Waals surface area contributed by atoms with E-state index in [1.165, 1.54) is 18.5 Å². The number of aromatic nitrogens is 1. The second kappa shape index (κ2) is 7.93. The number of hydrogen-bond donors (Lipinski definition) is 2. The summed E-state index contributed by atoms with van der Waals surface area (Å²) in [5, 5.41) is 6.26. The Hall–Kier alpha value is -2.40. The summed E-state index contributed by atoms with van der Waals surface area (Å²) in [7, 11) is 0. The molecule has 126 valence electrons. The third-order valence-corrected chi connectivity index (χ3v) is 3.92. The Morgan fingerprint density at radius 1 is 1.17 bits per heavy atom. The molecule has 0 spiro atoms. The maximum absolute atomic E-state index is 12.4. The van der Waals surface area contributed by atoms with E-state index in [9.17, 15) is 9.59 Å². The van der Waals surface area contributed by atoms with E-state index in [0.29, 0.717) is 21.8 Å². The summed E-state index contributed by atoms with van der Waals surface area (Å²) in [6.07, 6.45) is 3.71. The van der Waals surface area contributed by atoms with Crippen molar-refractivity contribution < 1.29 is 9.59 Å². The molecule has 6 heteroatoms. The zero-order chi connectivity index (χ0) is 17.7. The first-order valence-electron chi connectivity index (χ1n) is 7.74. The monoisotopic (exact) mass is 345 g/mol. The van der Waals surface area contributed by atoms with E-state index in [1.54, 1.807) is 18.2 Å². The molecule has 0 saturated heterocycles. The van der Waals surface area contributed by atoms with Crippen LogP contribution in [0.25, 0.3) is 0 Å². The molecule has 1 heterocycles. The van der Waals surface area contributed by atoms with Crippen molar-refractivity contribution >= 4 is 29.1 Å². The van der Waals surface area contributed by atoms with Crippen LogP contribution in [0.3, 0.4) is 0 Å². The van der Waals surface area contributed by atoms with Gasteiger partial charge in [0.15, 0.2) is 0 Å². The Bertz CT molecular complexity index is 762. The molecule has 0 aliphatic carbocycles. The number of carbonyl (C=O) groups is 2. The molecule has 0 saturated carbocycles. The summed E-state index contributed by atoms with van der Waals surface area (Å²) in [5.74, 6) is -0.569. The van der Waals surface area contributed by atoms with Crippen molar-refractivity contribution in [2.45, 2.75) is 33.2 Å². The average molecular weight is 346 g/mol. The lowest BCUT2D eigenvalue weighted by atomic mass is 10.1. The molecule has 2 rings (SSSR count). The van der Waals surface area contributed by atoms with E-state index in [1.807, 2.05) is 20.8 Å². The first kappa shape index (κ1) is 17.9. The minimum Gasteiger partial charge on any atom is -0.350 e. The van der Waals surface area contributed by atoms with E-state index in [-0.39, 0.29) is 17.9 Å². The Balaban J connectivity index is 2.15. The van der Waals surface area contributed by atoms with Crippen molar-refractivity contribution in [2.24, 2.45) is 0 Å². The van der Waals surface area contributed by atoms with Crippen LogP contribution in [0.5, 0.6) is 0 Å². The van der Waals surface area contributed by atoms with Crippen LogP contribution < -0.4 is 10.6 Å². The van der Waals surface area contributed by atoms with Crippen LogP contribution in [0.15, 0.2) is 36.7 Å². The van der Waals surface area contributed by atoms with Gasteiger partial charge in [0.1, 0.15) is 0 Å². The Labute approximate surface area is 146 Å². The largest absolute Gasteiger partial charge is 0.350 e. The summed E-state index contributed by atoms with van der Waals surface area (Å²) in [4.78, 5) is 28.5. The van der Waals surface area contributed by atoms with Gasteiger partial charge in [0.05, 0.1) is 11.1 Å². The van der Waals surface area contributed by atoms with Gasteiger partial charge in [0.2, 0.25) is 0 Å². The van der Waals surface area contributed by atoms with Crippen LogP contribution >= 0.6 is 11.6 Å². The van der Waals surface area contributed by atoms with E-state index >= 15 is 0 Å². The van der Waals surface area contributed by atoms with Crippen LogP contribution in [0.2, 0.25) is 5.02 Å². The lowest BCUT2D eigenvalue weighted by Gasteiger charge is -2.12.